The van der Waals surface area contributed by atoms with Crippen LogP contribution in [-0.4, -0.2) is 32.3 Å². The summed E-state index contributed by atoms with van der Waals surface area (Å²) in [7, 11) is 0. The fourth-order valence-electron chi connectivity index (χ4n) is 2.23. The summed E-state index contributed by atoms with van der Waals surface area (Å²) in [5.74, 6) is 0. The Kier molecular flexibility index (Phi) is 6.14. The molecule has 0 aromatic heterocycles. The first-order valence-corrected chi connectivity index (χ1v) is 7.96. The zero-order valence-electron chi connectivity index (χ0n) is 12.5. The Hall–Kier alpha value is -0.770. The van der Waals surface area contributed by atoms with Gasteiger partial charge < -0.3 is 15.0 Å². The Labute approximate surface area is 127 Å². The van der Waals surface area contributed by atoms with Gasteiger partial charge in [-0.3, -0.25) is 0 Å². The van der Waals surface area contributed by atoms with Crippen LogP contribution in [0, 0.1) is 0 Å². The van der Waals surface area contributed by atoms with E-state index in [9.17, 15) is 0 Å². The lowest BCUT2D eigenvalue weighted by atomic mass is 10.2. The van der Waals surface area contributed by atoms with Crippen LogP contribution in [0.1, 0.15) is 32.3 Å². The van der Waals surface area contributed by atoms with Crippen LogP contribution < -0.4 is 10.2 Å². The molecule has 3 nitrogen and oxygen atoms in total. The quantitative estimate of drug-likeness (QED) is 0.706. The standard InChI is InChI=1S/C16H25ClN2O/c1-3-19(9-10-20-4-2)16-8-5-13(11-15(16)17)12-18-14-6-7-14/h5,8,11,14,18H,3-4,6-7,9-10,12H2,1-2H3. The highest BCUT2D eigenvalue weighted by Crippen LogP contribution is 2.27. The molecule has 1 saturated carbocycles. The van der Waals surface area contributed by atoms with E-state index >= 15 is 0 Å². The van der Waals surface area contributed by atoms with Gasteiger partial charge in [-0.2, -0.15) is 0 Å². The second-order valence-corrected chi connectivity index (χ2v) is 5.62. The molecule has 0 amide bonds. The molecule has 0 spiro atoms. The molecule has 1 aromatic carbocycles. The maximum Gasteiger partial charge on any atom is 0.0642 e. The Morgan fingerprint density at radius 3 is 2.75 bits per heavy atom. The van der Waals surface area contributed by atoms with Gasteiger partial charge in [-0.05, 0) is 44.4 Å². The molecule has 4 heteroatoms. The van der Waals surface area contributed by atoms with Crippen LogP contribution in [-0.2, 0) is 11.3 Å². The van der Waals surface area contributed by atoms with Gasteiger partial charge in [-0.15, -0.1) is 0 Å². The molecular formula is C16H25ClN2O. The van der Waals surface area contributed by atoms with E-state index in [1.54, 1.807) is 0 Å². The van der Waals surface area contributed by atoms with E-state index in [2.05, 4.69) is 35.3 Å². The van der Waals surface area contributed by atoms with Gasteiger partial charge in [0.05, 0.1) is 17.3 Å². The molecule has 1 aliphatic carbocycles. The van der Waals surface area contributed by atoms with Crippen molar-refractivity contribution in [3.05, 3.63) is 28.8 Å². The van der Waals surface area contributed by atoms with E-state index in [1.807, 2.05) is 6.92 Å². The molecule has 0 bridgehead atoms. The zero-order valence-corrected chi connectivity index (χ0v) is 13.2. The number of nitrogens with zero attached hydrogens (tertiary/aromatic N) is 1. The van der Waals surface area contributed by atoms with E-state index < -0.39 is 0 Å². The number of nitrogens with one attached hydrogen (secondary N) is 1. The molecule has 1 aromatic rings. The van der Waals surface area contributed by atoms with Crippen LogP contribution in [0.3, 0.4) is 0 Å². The maximum atomic E-state index is 6.44. The molecule has 0 atom stereocenters. The largest absolute Gasteiger partial charge is 0.380 e. The van der Waals surface area contributed by atoms with Crippen molar-refractivity contribution in [2.24, 2.45) is 0 Å². The number of benzene rings is 1. The molecule has 0 unspecified atom stereocenters. The molecule has 1 fully saturated rings. The third-order valence-electron chi connectivity index (χ3n) is 3.62. The Balaban J connectivity index is 1.94. The van der Waals surface area contributed by atoms with Gasteiger partial charge in [0, 0.05) is 32.3 Å². The minimum Gasteiger partial charge on any atom is -0.380 e. The van der Waals surface area contributed by atoms with E-state index in [0.717, 1.165) is 49.6 Å². The first kappa shape index (κ1) is 15.6. The van der Waals surface area contributed by atoms with Crippen molar-refractivity contribution < 1.29 is 4.74 Å². The predicted molar refractivity (Wildman–Crippen MR) is 85.7 cm³/mol. The molecule has 0 aliphatic heterocycles. The summed E-state index contributed by atoms with van der Waals surface area (Å²) < 4.78 is 5.43. The van der Waals surface area contributed by atoms with Crippen LogP contribution in [0.15, 0.2) is 18.2 Å². The van der Waals surface area contributed by atoms with Crippen LogP contribution >= 0.6 is 11.6 Å². The van der Waals surface area contributed by atoms with Gasteiger partial charge in [0.25, 0.3) is 0 Å². The second-order valence-electron chi connectivity index (χ2n) is 5.22. The maximum absolute atomic E-state index is 6.44. The number of rotatable bonds is 9. The second kappa shape index (κ2) is 7.87. The Morgan fingerprint density at radius 2 is 2.15 bits per heavy atom. The summed E-state index contributed by atoms with van der Waals surface area (Å²) in [6, 6.07) is 7.10. The highest BCUT2D eigenvalue weighted by Gasteiger charge is 2.20. The fourth-order valence-corrected chi connectivity index (χ4v) is 2.56. The number of hydrogen-bond acceptors (Lipinski definition) is 3. The fraction of sp³-hybridized carbons (Fsp3) is 0.625. The van der Waals surface area contributed by atoms with Gasteiger partial charge in [0.15, 0.2) is 0 Å². The number of halogens is 1. The lowest BCUT2D eigenvalue weighted by Crippen LogP contribution is -2.27. The minimum absolute atomic E-state index is 0.729. The van der Waals surface area contributed by atoms with E-state index in [0.29, 0.717) is 0 Å². The highest BCUT2D eigenvalue weighted by molar-refractivity contribution is 6.33. The summed E-state index contributed by atoms with van der Waals surface area (Å²) in [4.78, 5) is 2.26. The van der Waals surface area contributed by atoms with E-state index in [-0.39, 0.29) is 0 Å². The molecule has 1 N–H and O–H groups in total. The smallest absolute Gasteiger partial charge is 0.0642 e. The van der Waals surface area contributed by atoms with Crippen molar-refractivity contribution in [3.63, 3.8) is 0 Å². The zero-order chi connectivity index (χ0) is 14.4. The first-order valence-electron chi connectivity index (χ1n) is 7.59. The summed E-state index contributed by atoms with van der Waals surface area (Å²) in [5, 5.41) is 4.34. The van der Waals surface area contributed by atoms with Crippen molar-refractivity contribution in [2.75, 3.05) is 31.2 Å². The Bertz CT molecular complexity index is 421. The van der Waals surface area contributed by atoms with Crippen LogP contribution in [0.4, 0.5) is 5.69 Å². The Morgan fingerprint density at radius 1 is 1.35 bits per heavy atom. The van der Waals surface area contributed by atoms with E-state index in [1.165, 1.54) is 18.4 Å². The summed E-state index contributed by atoms with van der Waals surface area (Å²) in [6.45, 7) is 8.39. The van der Waals surface area contributed by atoms with Crippen molar-refractivity contribution in [3.8, 4) is 0 Å². The van der Waals surface area contributed by atoms with Gasteiger partial charge >= 0.3 is 0 Å². The summed E-state index contributed by atoms with van der Waals surface area (Å²) in [5.41, 5.74) is 2.36. The number of anilines is 1. The first-order chi connectivity index (χ1) is 9.74. The third-order valence-corrected chi connectivity index (χ3v) is 3.92. The van der Waals surface area contributed by atoms with E-state index in [4.69, 9.17) is 16.3 Å². The summed E-state index contributed by atoms with van der Waals surface area (Å²) in [6.07, 6.45) is 2.62. The van der Waals surface area contributed by atoms with Gasteiger partial charge in [0.1, 0.15) is 0 Å². The topological polar surface area (TPSA) is 24.5 Å². The SMILES string of the molecule is CCOCCN(CC)c1ccc(CNC2CC2)cc1Cl. The molecular weight excluding hydrogens is 272 g/mol. The monoisotopic (exact) mass is 296 g/mol. The molecule has 112 valence electrons. The van der Waals surface area contributed by atoms with Crippen molar-refractivity contribution in [2.45, 2.75) is 39.3 Å². The van der Waals surface area contributed by atoms with Crippen molar-refractivity contribution in [1.82, 2.24) is 5.32 Å². The molecule has 0 saturated heterocycles. The minimum atomic E-state index is 0.729. The van der Waals surface area contributed by atoms with Gasteiger partial charge in [-0.1, -0.05) is 17.7 Å². The van der Waals surface area contributed by atoms with Crippen LogP contribution in [0.2, 0.25) is 5.02 Å². The van der Waals surface area contributed by atoms with Crippen molar-refractivity contribution >= 4 is 17.3 Å². The normalized spacial score (nSPS) is 14.6. The van der Waals surface area contributed by atoms with Gasteiger partial charge in [-0.25, -0.2) is 0 Å². The number of hydrogen-bond donors (Lipinski definition) is 1. The lowest BCUT2D eigenvalue weighted by molar-refractivity contribution is 0.154. The molecule has 0 radical (unpaired) electrons. The molecule has 1 aliphatic rings. The average molecular weight is 297 g/mol. The summed E-state index contributed by atoms with van der Waals surface area (Å²) >= 11 is 6.44. The average Bonchev–Trinajstić information content (AvgIpc) is 3.27. The molecule has 20 heavy (non-hydrogen) atoms. The van der Waals surface area contributed by atoms with Crippen LogP contribution in [0.5, 0.6) is 0 Å². The van der Waals surface area contributed by atoms with Crippen molar-refractivity contribution in [1.29, 1.82) is 0 Å². The molecule has 2 rings (SSSR count). The predicted octanol–water partition coefficient (Wildman–Crippen LogP) is 3.45. The lowest BCUT2D eigenvalue weighted by Gasteiger charge is -2.24. The number of likely N-dealkylation sites (N-methyl/N-ethyl adjacent to an activating group) is 1. The van der Waals surface area contributed by atoms with Crippen LogP contribution in [0.25, 0.3) is 0 Å². The molecule has 0 heterocycles. The highest BCUT2D eigenvalue weighted by atomic mass is 35.5. The third kappa shape index (κ3) is 4.65. The van der Waals surface area contributed by atoms with Gasteiger partial charge in [0.2, 0.25) is 0 Å². The number of ether oxygens (including phenoxy) is 1.